The Labute approximate surface area is 120 Å². The van der Waals surface area contributed by atoms with E-state index in [2.05, 4.69) is 16.8 Å². The van der Waals surface area contributed by atoms with Crippen molar-refractivity contribution in [1.82, 2.24) is 9.88 Å². The summed E-state index contributed by atoms with van der Waals surface area (Å²) in [6.45, 7) is 6.39. The lowest BCUT2D eigenvalue weighted by atomic mass is 9.96. The molecule has 0 unspecified atom stereocenters. The van der Waals surface area contributed by atoms with Crippen molar-refractivity contribution in [2.24, 2.45) is 5.92 Å². The molecule has 2 heterocycles. The highest BCUT2D eigenvalue weighted by atomic mass is 16.1. The maximum absolute atomic E-state index is 12.8. The molecule has 1 fully saturated rings. The fourth-order valence-corrected chi connectivity index (χ4v) is 3.24. The summed E-state index contributed by atoms with van der Waals surface area (Å²) < 4.78 is 0. The second-order valence-corrected chi connectivity index (χ2v) is 6.03. The van der Waals surface area contributed by atoms with E-state index in [1.54, 1.807) is 0 Å². The van der Waals surface area contributed by atoms with Gasteiger partial charge in [-0.2, -0.15) is 0 Å². The van der Waals surface area contributed by atoms with Gasteiger partial charge in [0, 0.05) is 29.2 Å². The van der Waals surface area contributed by atoms with Crippen LogP contribution in [0.5, 0.6) is 0 Å². The summed E-state index contributed by atoms with van der Waals surface area (Å²) in [5.41, 5.74) is 1.86. The predicted molar refractivity (Wildman–Crippen MR) is 82.1 cm³/mol. The van der Waals surface area contributed by atoms with Crippen LogP contribution in [-0.4, -0.2) is 34.8 Å². The molecule has 1 aromatic heterocycles. The molecule has 3 nitrogen and oxygen atoms in total. The number of para-hydroxylation sites is 1. The highest BCUT2D eigenvalue weighted by molar-refractivity contribution is 6.10. The molecule has 1 aliphatic heterocycles. The Balaban J connectivity index is 1.84. The molecular weight excluding hydrogens is 248 g/mol. The minimum absolute atomic E-state index is 0.0306. The first-order valence-electron chi connectivity index (χ1n) is 7.51. The van der Waals surface area contributed by atoms with Gasteiger partial charge in [-0.3, -0.25) is 9.69 Å². The Morgan fingerprint density at radius 2 is 2.20 bits per heavy atom. The maximum Gasteiger partial charge on any atom is 0.181 e. The summed E-state index contributed by atoms with van der Waals surface area (Å²) in [6.07, 6.45) is 4.34. The van der Waals surface area contributed by atoms with Crippen LogP contribution >= 0.6 is 0 Å². The van der Waals surface area contributed by atoms with Crippen LogP contribution in [-0.2, 0) is 0 Å². The van der Waals surface area contributed by atoms with Gasteiger partial charge in [-0.25, -0.2) is 0 Å². The third kappa shape index (κ3) is 2.38. The lowest BCUT2D eigenvalue weighted by molar-refractivity contribution is 0.0766. The first kappa shape index (κ1) is 13.4. The van der Waals surface area contributed by atoms with Crippen LogP contribution in [0.25, 0.3) is 10.9 Å². The third-order valence-corrected chi connectivity index (χ3v) is 4.47. The molecule has 3 rings (SSSR count). The zero-order valence-electron chi connectivity index (χ0n) is 12.2. The van der Waals surface area contributed by atoms with Crippen LogP contribution < -0.4 is 0 Å². The number of hydrogen-bond donors (Lipinski definition) is 1. The average Bonchev–Trinajstić information content (AvgIpc) is 2.89. The molecule has 106 valence electrons. The molecule has 20 heavy (non-hydrogen) atoms. The fourth-order valence-electron chi connectivity index (χ4n) is 3.24. The van der Waals surface area contributed by atoms with Crippen molar-refractivity contribution in [3.05, 3.63) is 36.0 Å². The summed E-state index contributed by atoms with van der Waals surface area (Å²) in [5.74, 6) is 0.929. The molecule has 1 aliphatic rings. The summed E-state index contributed by atoms with van der Waals surface area (Å²) in [5, 5.41) is 1.04. The zero-order valence-corrected chi connectivity index (χ0v) is 12.2. The van der Waals surface area contributed by atoms with E-state index in [0.29, 0.717) is 5.92 Å². The Hall–Kier alpha value is -1.61. The zero-order chi connectivity index (χ0) is 14.1. The number of ketones is 1. The maximum atomic E-state index is 12.8. The van der Waals surface area contributed by atoms with E-state index >= 15 is 0 Å². The molecule has 1 aromatic carbocycles. The summed E-state index contributed by atoms with van der Waals surface area (Å²) >= 11 is 0. The first-order chi connectivity index (χ1) is 9.66. The van der Waals surface area contributed by atoms with Crippen molar-refractivity contribution >= 4 is 16.7 Å². The quantitative estimate of drug-likeness (QED) is 0.867. The second kappa shape index (κ2) is 5.41. The van der Waals surface area contributed by atoms with Crippen LogP contribution in [0.1, 0.15) is 37.0 Å². The fraction of sp³-hybridized carbons (Fsp3) is 0.471. The van der Waals surface area contributed by atoms with Crippen LogP contribution in [0.3, 0.4) is 0 Å². The Morgan fingerprint density at radius 3 is 3.00 bits per heavy atom. The molecule has 0 saturated carbocycles. The van der Waals surface area contributed by atoms with Gasteiger partial charge in [0.1, 0.15) is 0 Å². The Kier molecular flexibility index (Phi) is 3.62. The standard InChI is InChI=1S/C17H22N2O/c1-12-6-5-9-19(11-12)13(2)17(20)15-10-18-16-8-4-3-7-14(15)16/h3-4,7-8,10,12-13,18H,5-6,9,11H2,1-2H3/t12-,13+/m0/s1. The molecule has 3 heteroatoms. The van der Waals surface area contributed by atoms with Gasteiger partial charge in [0.15, 0.2) is 5.78 Å². The van der Waals surface area contributed by atoms with Gasteiger partial charge in [0.25, 0.3) is 0 Å². The molecule has 1 N–H and O–H groups in total. The van der Waals surface area contributed by atoms with Crippen LogP contribution in [0.15, 0.2) is 30.5 Å². The number of likely N-dealkylation sites (tertiary alicyclic amines) is 1. The van der Waals surface area contributed by atoms with Gasteiger partial charge >= 0.3 is 0 Å². The summed E-state index contributed by atoms with van der Waals surface area (Å²) in [6, 6.07) is 7.98. The number of carbonyl (C=O) groups is 1. The number of fused-ring (bicyclic) bond motifs is 1. The Morgan fingerprint density at radius 1 is 1.40 bits per heavy atom. The number of piperidine rings is 1. The van der Waals surface area contributed by atoms with Crippen molar-refractivity contribution < 1.29 is 4.79 Å². The lowest BCUT2D eigenvalue weighted by Gasteiger charge is -2.34. The van der Waals surface area contributed by atoms with Crippen molar-refractivity contribution in [1.29, 1.82) is 0 Å². The van der Waals surface area contributed by atoms with Crippen molar-refractivity contribution in [3.63, 3.8) is 0 Å². The number of rotatable bonds is 3. The van der Waals surface area contributed by atoms with Crippen LogP contribution in [0.2, 0.25) is 0 Å². The number of hydrogen-bond acceptors (Lipinski definition) is 2. The SMILES string of the molecule is C[C@H]1CCCN([C@H](C)C(=O)c2c[nH]c3ccccc23)C1. The van der Waals surface area contributed by atoms with E-state index in [-0.39, 0.29) is 11.8 Å². The normalized spacial score (nSPS) is 22.0. The van der Waals surface area contributed by atoms with E-state index in [1.165, 1.54) is 12.8 Å². The molecule has 0 bridgehead atoms. The van der Waals surface area contributed by atoms with Gasteiger partial charge < -0.3 is 4.98 Å². The Bertz CT molecular complexity index is 616. The lowest BCUT2D eigenvalue weighted by Crippen LogP contribution is -2.44. The molecule has 2 atom stereocenters. The number of H-pyrrole nitrogens is 1. The number of Topliss-reactive ketones (excluding diaryl/α,β-unsaturated/α-hetero) is 1. The van der Waals surface area contributed by atoms with Gasteiger partial charge in [-0.1, -0.05) is 25.1 Å². The van der Waals surface area contributed by atoms with E-state index in [4.69, 9.17) is 0 Å². The number of aromatic amines is 1. The molecule has 1 saturated heterocycles. The molecule has 0 aliphatic carbocycles. The molecule has 0 radical (unpaired) electrons. The van der Waals surface area contributed by atoms with Crippen LogP contribution in [0.4, 0.5) is 0 Å². The number of aromatic nitrogens is 1. The van der Waals surface area contributed by atoms with E-state index < -0.39 is 0 Å². The second-order valence-electron chi connectivity index (χ2n) is 6.03. The van der Waals surface area contributed by atoms with Gasteiger partial charge in [-0.15, -0.1) is 0 Å². The van der Waals surface area contributed by atoms with E-state index in [0.717, 1.165) is 29.6 Å². The number of nitrogens with one attached hydrogen (secondary N) is 1. The minimum Gasteiger partial charge on any atom is -0.360 e. The van der Waals surface area contributed by atoms with Gasteiger partial charge in [0.05, 0.1) is 6.04 Å². The van der Waals surface area contributed by atoms with Crippen LogP contribution in [0, 0.1) is 5.92 Å². The largest absolute Gasteiger partial charge is 0.360 e. The number of benzene rings is 1. The van der Waals surface area contributed by atoms with E-state index in [9.17, 15) is 4.79 Å². The molecule has 2 aromatic rings. The van der Waals surface area contributed by atoms with Crippen molar-refractivity contribution in [2.45, 2.75) is 32.7 Å². The van der Waals surface area contributed by atoms with Gasteiger partial charge in [-0.05, 0) is 38.3 Å². The highest BCUT2D eigenvalue weighted by Gasteiger charge is 2.27. The minimum atomic E-state index is -0.0306. The van der Waals surface area contributed by atoms with Crippen molar-refractivity contribution in [3.8, 4) is 0 Å². The number of nitrogens with zero attached hydrogens (tertiary/aromatic N) is 1. The molecule has 0 spiro atoms. The number of carbonyl (C=O) groups excluding carboxylic acids is 1. The smallest absolute Gasteiger partial charge is 0.181 e. The predicted octanol–water partition coefficient (Wildman–Crippen LogP) is 3.47. The van der Waals surface area contributed by atoms with Crippen molar-refractivity contribution in [2.75, 3.05) is 13.1 Å². The van der Waals surface area contributed by atoms with Gasteiger partial charge in [0.2, 0.25) is 0 Å². The first-order valence-corrected chi connectivity index (χ1v) is 7.51. The summed E-state index contributed by atoms with van der Waals surface area (Å²) in [7, 11) is 0. The topological polar surface area (TPSA) is 36.1 Å². The summed E-state index contributed by atoms with van der Waals surface area (Å²) in [4.78, 5) is 18.3. The highest BCUT2D eigenvalue weighted by Crippen LogP contribution is 2.23. The average molecular weight is 270 g/mol. The monoisotopic (exact) mass is 270 g/mol. The molecule has 0 amide bonds. The molecular formula is C17H22N2O. The third-order valence-electron chi connectivity index (χ3n) is 4.47. The van der Waals surface area contributed by atoms with E-state index in [1.807, 2.05) is 37.4 Å².